The third-order valence-electron chi connectivity index (χ3n) is 2.76. The molecule has 2 heterocycles. The molecular formula is C8H17N3O2S. The van der Waals surface area contributed by atoms with Gasteiger partial charge in [-0.05, 0) is 32.2 Å². The second-order valence-corrected chi connectivity index (χ2v) is 5.58. The zero-order valence-electron chi connectivity index (χ0n) is 8.20. The van der Waals surface area contributed by atoms with Crippen molar-refractivity contribution < 1.29 is 8.42 Å². The summed E-state index contributed by atoms with van der Waals surface area (Å²) >= 11 is 0. The topological polar surface area (TPSA) is 61.4 Å². The molecule has 1 unspecified atom stereocenters. The summed E-state index contributed by atoms with van der Waals surface area (Å²) in [6, 6.07) is 0. The van der Waals surface area contributed by atoms with Crippen molar-refractivity contribution in [2.45, 2.75) is 31.8 Å². The van der Waals surface area contributed by atoms with E-state index in [1.54, 1.807) is 0 Å². The Bertz CT molecular complexity index is 279. The summed E-state index contributed by atoms with van der Waals surface area (Å²) in [4.78, 5) is 0. The minimum absolute atomic E-state index is 0.0550. The predicted octanol–water partition coefficient (Wildman–Crippen LogP) is -0.374. The molecule has 0 aliphatic carbocycles. The van der Waals surface area contributed by atoms with E-state index in [0.717, 1.165) is 32.2 Å². The van der Waals surface area contributed by atoms with Crippen LogP contribution < -0.4 is 10.0 Å². The molecule has 1 atom stereocenters. The molecule has 2 N–H and O–H groups in total. The summed E-state index contributed by atoms with van der Waals surface area (Å²) in [7, 11) is -3.22. The molecule has 2 rings (SSSR count). The van der Waals surface area contributed by atoms with Crippen LogP contribution in [0.25, 0.3) is 0 Å². The highest BCUT2D eigenvalue weighted by molar-refractivity contribution is 7.87. The van der Waals surface area contributed by atoms with Gasteiger partial charge in [-0.3, -0.25) is 0 Å². The SMILES string of the molecule is O=S(=O)(NC1CCCN1)N1CCCC1. The average molecular weight is 219 g/mol. The summed E-state index contributed by atoms with van der Waals surface area (Å²) in [6.07, 6.45) is 3.86. The Labute approximate surface area is 85.0 Å². The third-order valence-corrected chi connectivity index (χ3v) is 4.38. The molecule has 0 radical (unpaired) electrons. The van der Waals surface area contributed by atoms with E-state index < -0.39 is 10.2 Å². The maximum absolute atomic E-state index is 11.8. The molecule has 0 aromatic rings. The van der Waals surface area contributed by atoms with Crippen molar-refractivity contribution in [3.63, 3.8) is 0 Å². The fourth-order valence-electron chi connectivity index (χ4n) is 1.97. The quantitative estimate of drug-likeness (QED) is 0.680. The lowest BCUT2D eigenvalue weighted by molar-refractivity contribution is 0.445. The van der Waals surface area contributed by atoms with Crippen LogP contribution in [-0.2, 0) is 10.2 Å². The number of hydrogen-bond donors (Lipinski definition) is 2. The van der Waals surface area contributed by atoms with E-state index in [9.17, 15) is 8.42 Å². The van der Waals surface area contributed by atoms with E-state index in [0.29, 0.717) is 13.1 Å². The van der Waals surface area contributed by atoms with Crippen LogP contribution in [0.4, 0.5) is 0 Å². The van der Waals surface area contributed by atoms with Gasteiger partial charge in [-0.2, -0.15) is 17.4 Å². The minimum Gasteiger partial charge on any atom is -0.301 e. The van der Waals surface area contributed by atoms with Gasteiger partial charge in [-0.25, -0.2) is 0 Å². The normalized spacial score (nSPS) is 29.9. The van der Waals surface area contributed by atoms with Crippen LogP contribution in [0.1, 0.15) is 25.7 Å². The molecule has 2 saturated heterocycles. The first-order chi connectivity index (χ1) is 6.68. The Morgan fingerprint density at radius 1 is 1.21 bits per heavy atom. The lowest BCUT2D eigenvalue weighted by Gasteiger charge is -2.19. The van der Waals surface area contributed by atoms with Gasteiger partial charge in [-0.15, -0.1) is 0 Å². The largest absolute Gasteiger partial charge is 0.301 e. The smallest absolute Gasteiger partial charge is 0.280 e. The number of rotatable bonds is 3. The molecule has 0 spiro atoms. The predicted molar refractivity (Wildman–Crippen MR) is 53.9 cm³/mol. The van der Waals surface area contributed by atoms with E-state index in [1.165, 1.54) is 4.31 Å². The van der Waals surface area contributed by atoms with Crippen LogP contribution in [0.5, 0.6) is 0 Å². The Morgan fingerprint density at radius 3 is 2.50 bits per heavy atom. The highest BCUT2D eigenvalue weighted by Gasteiger charge is 2.28. The van der Waals surface area contributed by atoms with Gasteiger partial charge in [-0.1, -0.05) is 0 Å². The molecule has 2 fully saturated rings. The van der Waals surface area contributed by atoms with Crippen molar-refractivity contribution >= 4 is 10.2 Å². The van der Waals surface area contributed by atoms with Gasteiger partial charge in [0.2, 0.25) is 0 Å². The van der Waals surface area contributed by atoms with E-state index in [2.05, 4.69) is 10.0 Å². The van der Waals surface area contributed by atoms with Crippen molar-refractivity contribution in [3.05, 3.63) is 0 Å². The zero-order valence-corrected chi connectivity index (χ0v) is 9.02. The number of nitrogens with one attached hydrogen (secondary N) is 2. The van der Waals surface area contributed by atoms with Gasteiger partial charge in [0.15, 0.2) is 0 Å². The van der Waals surface area contributed by atoms with Gasteiger partial charge in [0, 0.05) is 13.1 Å². The van der Waals surface area contributed by atoms with Gasteiger partial charge in [0.05, 0.1) is 6.17 Å². The van der Waals surface area contributed by atoms with Crippen molar-refractivity contribution in [1.82, 2.24) is 14.3 Å². The van der Waals surface area contributed by atoms with Crippen LogP contribution in [0.3, 0.4) is 0 Å². The van der Waals surface area contributed by atoms with E-state index in [4.69, 9.17) is 0 Å². The fraction of sp³-hybridized carbons (Fsp3) is 1.00. The molecule has 0 aromatic carbocycles. The Hall–Kier alpha value is -0.170. The minimum atomic E-state index is -3.22. The highest BCUT2D eigenvalue weighted by Crippen LogP contribution is 2.12. The molecular weight excluding hydrogens is 202 g/mol. The molecule has 14 heavy (non-hydrogen) atoms. The monoisotopic (exact) mass is 219 g/mol. The van der Waals surface area contributed by atoms with E-state index in [-0.39, 0.29) is 6.17 Å². The van der Waals surface area contributed by atoms with Gasteiger partial charge >= 0.3 is 0 Å². The number of hydrogen-bond acceptors (Lipinski definition) is 3. The molecule has 2 aliphatic heterocycles. The Kier molecular flexibility index (Phi) is 3.06. The lowest BCUT2D eigenvalue weighted by Crippen LogP contribution is -2.47. The molecule has 0 bridgehead atoms. The summed E-state index contributed by atoms with van der Waals surface area (Å²) in [5.41, 5.74) is 0. The maximum atomic E-state index is 11.8. The van der Waals surface area contributed by atoms with Crippen molar-refractivity contribution in [3.8, 4) is 0 Å². The van der Waals surface area contributed by atoms with Crippen molar-refractivity contribution in [2.75, 3.05) is 19.6 Å². The molecule has 82 valence electrons. The number of nitrogens with zero attached hydrogens (tertiary/aromatic N) is 1. The summed E-state index contributed by atoms with van der Waals surface area (Å²) in [5.74, 6) is 0. The van der Waals surface area contributed by atoms with Crippen LogP contribution in [0, 0.1) is 0 Å². The van der Waals surface area contributed by atoms with Crippen LogP contribution in [0.2, 0.25) is 0 Å². The Balaban J connectivity index is 1.93. The highest BCUT2D eigenvalue weighted by atomic mass is 32.2. The van der Waals surface area contributed by atoms with Gasteiger partial charge in [0.25, 0.3) is 10.2 Å². The standard InChI is InChI=1S/C8H17N3O2S/c12-14(13,11-6-1-2-7-11)10-8-4-3-5-9-8/h8-10H,1-7H2. The summed E-state index contributed by atoms with van der Waals surface area (Å²) in [6.45, 7) is 2.25. The molecule has 5 nitrogen and oxygen atoms in total. The van der Waals surface area contributed by atoms with Crippen LogP contribution in [0.15, 0.2) is 0 Å². The van der Waals surface area contributed by atoms with Crippen LogP contribution >= 0.6 is 0 Å². The fourth-order valence-corrected chi connectivity index (χ4v) is 3.42. The average Bonchev–Trinajstić information content (AvgIpc) is 2.71. The first kappa shape index (κ1) is 10.4. The van der Waals surface area contributed by atoms with Crippen LogP contribution in [-0.4, -0.2) is 38.5 Å². The maximum Gasteiger partial charge on any atom is 0.280 e. The Morgan fingerprint density at radius 2 is 1.93 bits per heavy atom. The first-order valence-electron chi connectivity index (χ1n) is 5.19. The second kappa shape index (κ2) is 4.14. The first-order valence-corrected chi connectivity index (χ1v) is 6.63. The lowest BCUT2D eigenvalue weighted by atomic mass is 10.3. The summed E-state index contributed by atoms with van der Waals surface area (Å²) < 4.78 is 27.7. The molecule has 0 amide bonds. The van der Waals surface area contributed by atoms with E-state index in [1.807, 2.05) is 0 Å². The van der Waals surface area contributed by atoms with Gasteiger partial charge in [0.1, 0.15) is 0 Å². The molecule has 2 aliphatic rings. The van der Waals surface area contributed by atoms with E-state index >= 15 is 0 Å². The third kappa shape index (κ3) is 2.25. The van der Waals surface area contributed by atoms with Gasteiger partial charge < -0.3 is 5.32 Å². The summed E-state index contributed by atoms with van der Waals surface area (Å²) in [5, 5.41) is 3.12. The molecule has 6 heteroatoms. The zero-order chi connectivity index (χ0) is 10.0. The molecule has 0 aromatic heterocycles. The van der Waals surface area contributed by atoms with Crippen molar-refractivity contribution in [2.24, 2.45) is 0 Å². The second-order valence-electron chi connectivity index (χ2n) is 3.88. The molecule has 0 saturated carbocycles. The van der Waals surface area contributed by atoms with Crippen molar-refractivity contribution in [1.29, 1.82) is 0 Å².